The van der Waals surface area contributed by atoms with Gasteiger partial charge in [-0.05, 0) is 44.5 Å². The number of nitrogens with zero attached hydrogens (tertiary/aromatic N) is 2. The van der Waals surface area contributed by atoms with E-state index >= 15 is 0 Å². The Labute approximate surface area is 174 Å². The molecule has 0 aromatic heterocycles. The third-order valence-corrected chi connectivity index (χ3v) is 5.09. The zero-order chi connectivity index (χ0) is 21.8. The van der Waals surface area contributed by atoms with Crippen molar-refractivity contribution in [1.82, 2.24) is 4.90 Å². The number of amides is 1. The quantitative estimate of drug-likeness (QED) is 0.602. The number of carbonyl (C=O) groups is 2. The Morgan fingerprint density at radius 2 is 1.72 bits per heavy atom. The molecule has 7 heteroatoms. The summed E-state index contributed by atoms with van der Waals surface area (Å²) < 4.78 is 5.45. The fourth-order valence-corrected chi connectivity index (χ4v) is 3.46. The Balaban J connectivity index is 2.18. The third-order valence-electron chi connectivity index (χ3n) is 4.21. The Morgan fingerprint density at radius 1 is 1.10 bits per heavy atom. The molecule has 0 radical (unpaired) electrons. The Kier molecular flexibility index (Phi) is 7.01. The van der Waals surface area contributed by atoms with E-state index in [9.17, 15) is 14.7 Å². The van der Waals surface area contributed by atoms with Crippen molar-refractivity contribution < 1.29 is 19.4 Å². The summed E-state index contributed by atoms with van der Waals surface area (Å²) in [5.41, 5.74) is 5.37. The molecule has 0 atom stereocenters. The standard InChI is InChI=1S/C22H32N2O4Si/c1-22(2,3)28-21(27)24-10-8-23(9-11-24)19-14-17(7-12-29(4,5)6)13-18(15-19)16-20(25)26/h13-15H,8-11,16H2,1-6H3,(H,25,26). The van der Waals surface area contributed by atoms with Crippen LogP contribution in [0.25, 0.3) is 0 Å². The summed E-state index contributed by atoms with van der Waals surface area (Å²) in [6.45, 7) is 14.6. The van der Waals surface area contributed by atoms with Crippen molar-refractivity contribution >= 4 is 25.8 Å². The van der Waals surface area contributed by atoms with Crippen molar-refractivity contribution in [2.24, 2.45) is 0 Å². The van der Waals surface area contributed by atoms with Gasteiger partial charge >= 0.3 is 12.1 Å². The SMILES string of the molecule is CC(C)(C)OC(=O)N1CCN(c2cc(C#C[Si](C)(C)C)cc(CC(=O)O)c2)CC1. The van der Waals surface area contributed by atoms with E-state index in [1.807, 2.05) is 39.0 Å². The normalized spacial score (nSPS) is 14.8. The maximum Gasteiger partial charge on any atom is 0.410 e. The first kappa shape index (κ1) is 22.8. The number of rotatable bonds is 3. The van der Waals surface area contributed by atoms with Crippen molar-refractivity contribution in [2.45, 2.75) is 52.4 Å². The number of ether oxygens (including phenoxy) is 1. The molecule has 0 bridgehead atoms. The molecule has 1 amide bonds. The van der Waals surface area contributed by atoms with Gasteiger partial charge in [-0.25, -0.2) is 4.79 Å². The first-order valence-electron chi connectivity index (χ1n) is 9.94. The Morgan fingerprint density at radius 3 is 2.24 bits per heavy atom. The number of hydrogen-bond donors (Lipinski definition) is 1. The highest BCUT2D eigenvalue weighted by Crippen LogP contribution is 2.22. The van der Waals surface area contributed by atoms with Gasteiger partial charge in [0.05, 0.1) is 6.42 Å². The predicted molar refractivity (Wildman–Crippen MR) is 118 cm³/mol. The van der Waals surface area contributed by atoms with Gasteiger partial charge in [0.1, 0.15) is 13.7 Å². The van der Waals surface area contributed by atoms with Crippen LogP contribution in [0, 0.1) is 11.5 Å². The number of carboxylic acid groups (broad SMARTS) is 1. The lowest BCUT2D eigenvalue weighted by molar-refractivity contribution is -0.136. The third kappa shape index (κ3) is 7.82. The van der Waals surface area contributed by atoms with E-state index < -0.39 is 19.6 Å². The summed E-state index contributed by atoms with van der Waals surface area (Å²) in [5.74, 6) is 2.38. The van der Waals surface area contributed by atoms with Gasteiger partial charge in [-0.15, -0.1) is 5.54 Å². The highest BCUT2D eigenvalue weighted by molar-refractivity contribution is 6.83. The van der Waals surface area contributed by atoms with Crippen LogP contribution in [0.15, 0.2) is 18.2 Å². The summed E-state index contributed by atoms with van der Waals surface area (Å²) >= 11 is 0. The van der Waals surface area contributed by atoms with Crippen molar-refractivity contribution in [3.63, 3.8) is 0 Å². The van der Waals surface area contributed by atoms with Crippen LogP contribution in [0.1, 0.15) is 31.9 Å². The first-order chi connectivity index (χ1) is 13.3. The number of benzene rings is 1. The number of anilines is 1. The van der Waals surface area contributed by atoms with E-state index in [1.165, 1.54) is 0 Å². The summed E-state index contributed by atoms with van der Waals surface area (Å²) in [5, 5.41) is 9.21. The molecule has 1 saturated heterocycles. The van der Waals surface area contributed by atoms with Crippen molar-refractivity contribution in [3.8, 4) is 11.5 Å². The van der Waals surface area contributed by atoms with E-state index in [-0.39, 0.29) is 12.5 Å². The Bertz CT molecular complexity index is 820. The first-order valence-corrected chi connectivity index (χ1v) is 13.4. The van der Waals surface area contributed by atoms with Crippen LogP contribution in [0.2, 0.25) is 19.6 Å². The van der Waals surface area contributed by atoms with Crippen LogP contribution < -0.4 is 4.90 Å². The number of carboxylic acids is 1. The van der Waals surface area contributed by atoms with Gasteiger partial charge in [-0.1, -0.05) is 25.6 Å². The van der Waals surface area contributed by atoms with E-state index in [1.54, 1.807) is 4.90 Å². The van der Waals surface area contributed by atoms with E-state index in [0.29, 0.717) is 26.2 Å². The average molecular weight is 417 g/mol. The van der Waals surface area contributed by atoms with Crippen molar-refractivity contribution in [2.75, 3.05) is 31.1 Å². The van der Waals surface area contributed by atoms with Gasteiger partial charge in [0.2, 0.25) is 0 Å². The topological polar surface area (TPSA) is 70.1 Å². The van der Waals surface area contributed by atoms with Gasteiger partial charge in [-0.2, -0.15) is 0 Å². The zero-order valence-corrected chi connectivity index (χ0v) is 19.3. The second-order valence-corrected chi connectivity index (χ2v) is 14.2. The van der Waals surface area contributed by atoms with Crippen LogP contribution in [-0.2, 0) is 16.0 Å². The van der Waals surface area contributed by atoms with E-state index in [0.717, 1.165) is 16.8 Å². The van der Waals surface area contributed by atoms with Gasteiger partial charge in [0.15, 0.2) is 0 Å². The molecule has 1 aromatic rings. The molecule has 29 heavy (non-hydrogen) atoms. The lowest BCUT2D eigenvalue weighted by Gasteiger charge is -2.37. The molecule has 2 rings (SSSR count). The van der Waals surface area contributed by atoms with E-state index in [2.05, 4.69) is 36.0 Å². The molecule has 1 heterocycles. The lowest BCUT2D eigenvalue weighted by Crippen LogP contribution is -2.50. The maximum absolute atomic E-state index is 12.3. The monoisotopic (exact) mass is 416 g/mol. The van der Waals surface area contributed by atoms with Crippen LogP contribution in [0.4, 0.5) is 10.5 Å². The summed E-state index contributed by atoms with van der Waals surface area (Å²) in [6.07, 6.45) is -0.327. The second-order valence-electron chi connectivity index (χ2n) is 9.41. The minimum absolute atomic E-state index is 0.0344. The summed E-state index contributed by atoms with van der Waals surface area (Å²) in [4.78, 5) is 27.4. The van der Waals surface area contributed by atoms with Crippen molar-refractivity contribution in [1.29, 1.82) is 0 Å². The number of hydrogen-bond acceptors (Lipinski definition) is 4. The van der Waals surface area contributed by atoms with Gasteiger partial charge in [0, 0.05) is 37.4 Å². The average Bonchev–Trinajstić information content (AvgIpc) is 2.57. The van der Waals surface area contributed by atoms with Gasteiger partial charge < -0.3 is 19.6 Å². The molecule has 1 aromatic carbocycles. The molecular formula is C22H32N2O4Si. The minimum Gasteiger partial charge on any atom is -0.481 e. The molecule has 1 aliphatic heterocycles. The molecule has 158 valence electrons. The molecular weight excluding hydrogens is 384 g/mol. The van der Waals surface area contributed by atoms with Crippen LogP contribution >= 0.6 is 0 Å². The number of aliphatic carboxylic acids is 1. The highest BCUT2D eigenvalue weighted by atomic mass is 28.3. The van der Waals surface area contributed by atoms with Gasteiger partial charge in [-0.3, -0.25) is 4.79 Å². The van der Waals surface area contributed by atoms with Gasteiger partial charge in [0.25, 0.3) is 0 Å². The molecule has 0 saturated carbocycles. The fourth-order valence-electron chi connectivity index (χ4n) is 2.94. The number of carbonyl (C=O) groups excluding carboxylic acids is 1. The lowest BCUT2D eigenvalue weighted by atomic mass is 10.1. The maximum atomic E-state index is 12.3. The molecule has 1 N–H and O–H groups in total. The van der Waals surface area contributed by atoms with Crippen LogP contribution in [0.5, 0.6) is 0 Å². The zero-order valence-electron chi connectivity index (χ0n) is 18.3. The highest BCUT2D eigenvalue weighted by Gasteiger charge is 2.26. The molecule has 1 fully saturated rings. The molecule has 0 spiro atoms. The van der Waals surface area contributed by atoms with E-state index in [4.69, 9.17) is 4.74 Å². The van der Waals surface area contributed by atoms with Crippen LogP contribution in [-0.4, -0.2) is 61.9 Å². The minimum atomic E-state index is -1.54. The predicted octanol–water partition coefficient (Wildman–Crippen LogP) is 3.60. The number of piperazine rings is 1. The molecule has 1 aliphatic rings. The summed E-state index contributed by atoms with van der Waals surface area (Å²) in [6, 6.07) is 5.79. The second kappa shape index (κ2) is 8.91. The summed E-state index contributed by atoms with van der Waals surface area (Å²) in [7, 11) is -1.54. The van der Waals surface area contributed by atoms with Crippen molar-refractivity contribution in [3.05, 3.63) is 29.3 Å². The largest absolute Gasteiger partial charge is 0.481 e. The molecule has 6 nitrogen and oxygen atoms in total. The van der Waals surface area contributed by atoms with Crippen LogP contribution in [0.3, 0.4) is 0 Å². The molecule has 0 unspecified atom stereocenters. The fraction of sp³-hybridized carbons (Fsp3) is 0.545. The Hall–Kier alpha value is -2.46. The smallest absolute Gasteiger partial charge is 0.410 e. The molecule has 0 aliphatic carbocycles.